The minimum absolute atomic E-state index is 0.0616. The van der Waals surface area contributed by atoms with Crippen molar-refractivity contribution in [2.45, 2.75) is 25.8 Å². The van der Waals surface area contributed by atoms with Crippen LogP contribution in [0.3, 0.4) is 0 Å². The molecule has 1 aromatic heterocycles. The molecule has 1 aliphatic rings. The zero-order chi connectivity index (χ0) is 10.7. The minimum atomic E-state index is 0.0616. The molecule has 15 heavy (non-hydrogen) atoms. The van der Waals surface area contributed by atoms with Crippen LogP contribution in [0.1, 0.15) is 30.8 Å². The predicted octanol–water partition coefficient (Wildman–Crippen LogP) is 0.123. The molecule has 5 nitrogen and oxygen atoms in total. The number of rotatable bonds is 3. The van der Waals surface area contributed by atoms with Crippen LogP contribution in [0.25, 0.3) is 0 Å². The maximum absolute atomic E-state index is 11.5. The van der Waals surface area contributed by atoms with Gasteiger partial charge in [0.25, 0.3) is 0 Å². The summed E-state index contributed by atoms with van der Waals surface area (Å²) >= 11 is 0. The zero-order valence-electron chi connectivity index (χ0n) is 8.84. The number of carbonyl (C=O) groups excluding carboxylic acids is 1. The maximum atomic E-state index is 11.5. The molecule has 1 atom stereocenters. The Bertz CT molecular complexity index is 347. The van der Waals surface area contributed by atoms with Gasteiger partial charge in [-0.3, -0.25) is 4.79 Å². The quantitative estimate of drug-likeness (QED) is 0.661. The molecule has 1 amide bonds. The third-order valence-corrected chi connectivity index (χ3v) is 2.61. The summed E-state index contributed by atoms with van der Waals surface area (Å²) in [5.74, 6) is 0.0749. The van der Waals surface area contributed by atoms with Crippen molar-refractivity contribution >= 4 is 5.91 Å². The minimum Gasteiger partial charge on any atom is -0.356 e. The van der Waals surface area contributed by atoms with Crippen LogP contribution in [-0.4, -0.2) is 29.0 Å². The smallest absolute Gasteiger partial charge is 0.221 e. The molecule has 2 heterocycles. The van der Waals surface area contributed by atoms with Crippen molar-refractivity contribution in [3.63, 3.8) is 0 Å². The molecule has 0 aromatic carbocycles. The van der Waals surface area contributed by atoms with Crippen LogP contribution in [0, 0.1) is 0 Å². The number of nitrogens with one attached hydrogen (secondary N) is 3. The highest BCUT2D eigenvalue weighted by Gasteiger charge is 2.23. The number of fused-ring (bicyclic) bond motifs is 1. The van der Waals surface area contributed by atoms with Gasteiger partial charge < -0.3 is 15.6 Å². The number of carbonyl (C=O) groups is 1. The van der Waals surface area contributed by atoms with E-state index in [1.807, 2.05) is 6.92 Å². The van der Waals surface area contributed by atoms with Gasteiger partial charge in [-0.1, -0.05) is 0 Å². The first-order valence-electron chi connectivity index (χ1n) is 5.33. The highest BCUT2D eigenvalue weighted by atomic mass is 16.1. The van der Waals surface area contributed by atoms with E-state index in [0.717, 1.165) is 24.4 Å². The van der Waals surface area contributed by atoms with Crippen LogP contribution in [-0.2, 0) is 11.2 Å². The molecule has 0 radical (unpaired) electrons. The van der Waals surface area contributed by atoms with E-state index in [-0.39, 0.29) is 11.9 Å². The SMILES string of the molecule is CCNC(=O)CC1NCCc2[nH]cnc21. The van der Waals surface area contributed by atoms with Crippen molar-refractivity contribution in [3.8, 4) is 0 Å². The van der Waals surface area contributed by atoms with E-state index >= 15 is 0 Å². The molecule has 0 saturated carbocycles. The summed E-state index contributed by atoms with van der Waals surface area (Å²) in [6.45, 7) is 3.50. The Kier molecular flexibility index (Phi) is 3.01. The molecule has 1 aliphatic heterocycles. The van der Waals surface area contributed by atoms with Crippen LogP contribution in [0.15, 0.2) is 6.33 Å². The van der Waals surface area contributed by atoms with Crippen LogP contribution >= 0.6 is 0 Å². The van der Waals surface area contributed by atoms with Gasteiger partial charge in [0.1, 0.15) is 0 Å². The van der Waals surface area contributed by atoms with Crippen molar-refractivity contribution in [2.24, 2.45) is 0 Å². The topological polar surface area (TPSA) is 69.8 Å². The van der Waals surface area contributed by atoms with Crippen molar-refractivity contribution < 1.29 is 4.79 Å². The molecular weight excluding hydrogens is 192 g/mol. The summed E-state index contributed by atoms with van der Waals surface area (Å²) in [7, 11) is 0. The Morgan fingerprint density at radius 3 is 3.40 bits per heavy atom. The summed E-state index contributed by atoms with van der Waals surface area (Å²) in [5, 5.41) is 6.11. The first-order valence-corrected chi connectivity index (χ1v) is 5.33. The van der Waals surface area contributed by atoms with E-state index in [2.05, 4.69) is 20.6 Å². The molecule has 0 saturated heterocycles. The lowest BCUT2D eigenvalue weighted by Crippen LogP contribution is -2.34. The van der Waals surface area contributed by atoms with Crippen molar-refractivity contribution in [1.29, 1.82) is 0 Å². The summed E-state index contributed by atoms with van der Waals surface area (Å²) in [6, 6.07) is 0.0616. The fourth-order valence-corrected chi connectivity index (χ4v) is 1.92. The number of hydrogen-bond acceptors (Lipinski definition) is 3. The molecule has 0 spiro atoms. The van der Waals surface area contributed by atoms with E-state index < -0.39 is 0 Å². The third-order valence-electron chi connectivity index (χ3n) is 2.61. The summed E-state index contributed by atoms with van der Waals surface area (Å²) < 4.78 is 0. The largest absolute Gasteiger partial charge is 0.356 e. The second kappa shape index (κ2) is 4.44. The van der Waals surface area contributed by atoms with E-state index in [0.29, 0.717) is 13.0 Å². The molecule has 3 N–H and O–H groups in total. The number of H-pyrrole nitrogens is 1. The number of aromatic nitrogens is 2. The first-order chi connectivity index (χ1) is 7.31. The van der Waals surface area contributed by atoms with Gasteiger partial charge in [-0.25, -0.2) is 4.98 Å². The lowest BCUT2D eigenvalue weighted by atomic mass is 10.0. The third kappa shape index (κ3) is 2.18. The van der Waals surface area contributed by atoms with Crippen LogP contribution < -0.4 is 10.6 Å². The van der Waals surface area contributed by atoms with E-state index in [9.17, 15) is 4.79 Å². The molecule has 82 valence electrons. The Labute approximate surface area is 88.7 Å². The van der Waals surface area contributed by atoms with E-state index in [1.54, 1.807) is 6.33 Å². The molecule has 5 heteroatoms. The number of amides is 1. The molecule has 0 aliphatic carbocycles. The lowest BCUT2D eigenvalue weighted by molar-refractivity contribution is -0.121. The average Bonchev–Trinajstić information content (AvgIpc) is 2.67. The number of hydrogen-bond donors (Lipinski definition) is 3. The number of nitrogens with zero attached hydrogens (tertiary/aromatic N) is 1. The molecule has 0 fully saturated rings. The maximum Gasteiger partial charge on any atom is 0.221 e. The second-order valence-electron chi connectivity index (χ2n) is 3.68. The lowest BCUT2D eigenvalue weighted by Gasteiger charge is -2.22. The molecule has 2 rings (SSSR count). The standard InChI is InChI=1S/C10H16N4O/c1-2-11-9(15)5-8-10-7(3-4-12-8)13-6-14-10/h6,8,12H,2-5H2,1H3,(H,11,15)(H,13,14). The molecular formula is C10H16N4O. The van der Waals surface area contributed by atoms with Gasteiger partial charge in [0.2, 0.25) is 5.91 Å². The van der Waals surface area contributed by atoms with Gasteiger partial charge in [0.05, 0.1) is 18.1 Å². The Balaban J connectivity index is 2.03. The highest BCUT2D eigenvalue weighted by Crippen LogP contribution is 2.21. The van der Waals surface area contributed by atoms with Crippen molar-refractivity contribution in [1.82, 2.24) is 20.6 Å². The molecule has 1 aromatic rings. The average molecular weight is 208 g/mol. The zero-order valence-corrected chi connectivity index (χ0v) is 8.84. The van der Waals surface area contributed by atoms with Crippen molar-refractivity contribution in [3.05, 3.63) is 17.7 Å². The van der Waals surface area contributed by atoms with Crippen LogP contribution in [0.5, 0.6) is 0 Å². The van der Waals surface area contributed by atoms with Gasteiger partial charge in [-0.15, -0.1) is 0 Å². The Hall–Kier alpha value is -1.36. The van der Waals surface area contributed by atoms with Gasteiger partial charge in [-0.05, 0) is 6.92 Å². The fourth-order valence-electron chi connectivity index (χ4n) is 1.92. The monoisotopic (exact) mass is 208 g/mol. The predicted molar refractivity (Wildman–Crippen MR) is 56.3 cm³/mol. The normalized spacial score (nSPS) is 19.7. The van der Waals surface area contributed by atoms with E-state index in [4.69, 9.17) is 0 Å². The number of imidazole rings is 1. The number of aromatic amines is 1. The van der Waals surface area contributed by atoms with Gasteiger partial charge in [0, 0.05) is 31.6 Å². The highest BCUT2D eigenvalue weighted by molar-refractivity contribution is 5.76. The Morgan fingerprint density at radius 2 is 2.60 bits per heavy atom. The first kappa shape index (κ1) is 10.2. The van der Waals surface area contributed by atoms with Crippen LogP contribution in [0.2, 0.25) is 0 Å². The van der Waals surface area contributed by atoms with Gasteiger partial charge in [-0.2, -0.15) is 0 Å². The molecule has 1 unspecified atom stereocenters. The molecule has 0 bridgehead atoms. The fraction of sp³-hybridized carbons (Fsp3) is 0.600. The summed E-state index contributed by atoms with van der Waals surface area (Å²) in [4.78, 5) is 18.8. The van der Waals surface area contributed by atoms with E-state index in [1.165, 1.54) is 0 Å². The van der Waals surface area contributed by atoms with Gasteiger partial charge in [0.15, 0.2) is 0 Å². The van der Waals surface area contributed by atoms with Crippen molar-refractivity contribution in [2.75, 3.05) is 13.1 Å². The summed E-state index contributed by atoms with van der Waals surface area (Å²) in [6.07, 6.45) is 3.12. The van der Waals surface area contributed by atoms with Crippen LogP contribution in [0.4, 0.5) is 0 Å². The Morgan fingerprint density at radius 1 is 1.73 bits per heavy atom. The summed E-state index contributed by atoms with van der Waals surface area (Å²) in [5.41, 5.74) is 2.15. The van der Waals surface area contributed by atoms with Gasteiger partial charge >= 0.3 is 0 Å². The second-order valence-corrected chi connectivity index (χ2v) is 3.68.